The van der Waals surface area contributed by atoms with Gasteiger partial charge in [0.15, 0.2) is 5.96 Å². The van der Waals surface area contributed by atoms with Gasteiger partial charge in [0.1, 0.15) is 0 Å². The SMILES string of the molecule is CCNC(=NCC(c1cnn(C)c1)N(C)C)NC1CCN(C(C)C)CC1.I. The Hall–Kier alpha value is -0.870. The number of aliphatic imine (C=N–C) groups is 1. The summed E-state index contributed by atoms with van der Waals surface area (Å²) >= 11 is 0. The van der Waals surface area contributed by atoms with E-state index in [1.165, 1.54) is 18.4 Å². The molecular weight excluding hydrogens is 453 g/mol. The molecule has 8 heteroatoms. The van der Waals surface area contributed by atoms with Crippen molar-refractivity contribution >= 4 is 29.9 Å². The van der Waals surface area contributed by atoms with Crippen molar-refractivity contribution in [3.8, 4) is 0 Å². The number of halogens is 1. The zero-order chi connectivity index (χ0) is 19.1. The van der Waals surface area contributed by atoms with Gasteiger partial charge in [0.25, 0.3) is 0 Å². The fourth-order valence-electron chi connectivity index (χ4n) is 3.43. The molecule has 1 aromatic heterocycles. The molecule has 0 amide bonds. The summed E-state index contributed by atoms with van der Waals surface area (Å²) in [5.74, 6) is 0.922. The Balaban J connectivity index is 0.00000364. The summed E-state index contributed by atoms with van der Waals surface area (Å²) in [6.45, 7) is 10.6. The summed E-state index contributed by atoms with van der Waals surface area (Å²) < 4.78 is 1.85. The number of nitrogens with one attached hydrogen (secondary N) is 2. The third kappa shape index (κ3) is 7.57. The van der Waals surface area contributed by atoms with Crippen molar-refractivity contribution in [2.24, 2.45) is 12.0 Å². The Morgan fingerprint density at radius 2 is 2.00 bits per heavy atom. The van der Waals surface area contributed by atoms with Crippen molar-refractivity contribution in [1.29, 1.82) is 0 Å². The Morgan fingerprint density at radius 1 is 1.33 bits per heavy atom. The molecule has 1 aliphatic rings. The van der Waals surface area contributed by atoms with Gasteiger partial charge in [-0.3, -0.25) is 9.67 Å². The number of aryl methyl sites for hydroxylation is 1. The molecule has 0 radical (unpaired) electrons. The number of guanidine groups is 1. The molecule has 1 atom stereocenters. The molecule has 2 rings (SSSR count). The molecule has 1 aliphatic heterocycles. The number of hydrogen-bond acceptors (Lipinski definition) is 4. The first-order valence-corrected chi connectivity index (χ1v) is 9.84. The standard InChI is InChI=1S/C19H37N7.HI/c1-7-20-19(23-17-8-10-26(11-9-17)15(2)3)21-13-18(24(4)5)16-12-22-25(6)14-16;/h12,14-15,17-18H,7-11,13H2,1-6H3,(H2,20,21,23);1H. The van der Waals surface area contributed by atoms with Crippen LogP contribution in [0.1, 0.15) is 45.2 Å². The zero-order valence-electron chi connectivity index (χ0n) is 17.8. The molecule has 2 heterocycles. The predicted molar refractivity (Wildman–Crippen MR) is 124 cm³/mol. The second-order valence-corrected chi connectivity index (χ2v) is 7.69. The largest absolute Gasteiger partial charge is 0.357 e. The van der Waals surface area contributed by atoms with Crippen molar-refractivity contribution in [1.82, 2.24) is 30.2 Å². The van der Waals surface area contributed by atoms with E-state index < -0.39 is 0 Å². The van der Waals surface area contributed by atoms with Crippen molar-refractivity contribution in [3.63, 3.8) is 0 Å². The van der Waals surface area contributed by atoms with Crippen LogP contribution in [0.15, 0.2) is 17.4 Å². The third-order valence-corrected chi connectivity index (χ3v) is 5.10. The first-order chi connectivity index (χ1) is 12.4. The molecule has 0 aromatic carbocycles. The minimum Gasteiger partial charge on any atom is -0.357 e. The number of likely N-dealkylation sites (tertiary alicyclic amines) is 1. The zero-order valence-corrected chi connectivity index (χ0v) is 20.1. The first kappa shape index (κ1) is 24.2. The Morgan fingerprint density at radius 3 is 2.48 bits per heavy atom. The Kier molecular flexibility index (Phi) is 10.6. The van der Waals surface area contributed by atoms with E-state index in [0.717, 1.165) is 25.6 Å². The molecule has 1 aromatic rings. The van der Waals surface area contributed by atoms with Crippen LogP contribution in [0.5, 0.6) is 0 Å². The summed E-state index contributed by atoms with van der Waals surface area (Å²) in [5, 5.41) is 11.3. The second kappa shape index (κ2) is 11.9. The number of hydrogen-bond donors (Lipinski definition) is 2. The molecule has 1 fully saturated rings. The van der Waals surface area contributed by atoms with Crippen LogP contribution in [-0.2, 0) is 7.05 Å². The van der Waals surface area contributed by atoms with Gasteiger partial charge in [0.2, 0.25) is 0 Å². The van der Waals surface area contributed by atoms with Crippen LogP contribution in [0, 0.1) is 0 Å². The monoisotopic (exact) mass is 491 g/mol. The maximum Gasteiger partial charge on any atom is 0.191 e. The van der Waals surface area contributed by atoms with E-state index in [2.05, 4.69) is 66.6 Å². The molecule has 0 spiro atoms. The van der Waals surface area contributed by atoms with E-state index in [9.17, 15) is 0 Å². The molecule has 1 saturated heterocycles. The minimum atomic E-state index is 0. The summed E-state index contributed by atoms with van der Waals surface area (Å²) in [6.07, 6.45) is 6.34. The lowest BCUT2D eigenvalue weighted by Crippen LogP contribution is -2.50. The van der Waals surface area contributed by atoms with E-state index in [4.69, 9.17) is 4.99 Å². The smallest absolute Gasteiger partial charge is 0.191 e. The van der Waals surface area contributed by atoms with Gasteiger partial charge in [0.05, 0.1) is 18.8 Å². The number of nitrogens with zero attached hydrogens (tertiary/aromatic N) is 5. The lowest BCUT2D eigenvalue weighted by molar-refractivity contribution is 0.167. The lowest BCUT2D eigenvalue weighted by atomic mass is 10.0. The predicted octanol–water partition coefficient (Wildman–Crippen LogP) is 2.07. The third-order valence-electron chi connectivity index (χ3n) is 5.10. The summed E-state index contributed by atoms with van der Waals surface area (Å²) in [6, 6.07) is 1.36. The first-order valence-electron chi connectivity index (χ1n) is 9.84. The highest BCUT2D eigenvalue weighted by Gasteiger charge is 2.22. The number of piperidine rings is 1. The summed E-state index contributed by atoms with van der Waals surface area (Å²) in [4.78, 5) is 9.62. The van der Waals surface area contributed by atoms with Crippen molar-refractivity contribution < 1.29 is 0 Å². The highest BCUT2D eigenvalue weighted by Crippen LogP contribution is 2.18. The molecule has 2 N–H and O–H groups in total. The van der Waals surface area contributed by atoms with E-state index in [0.29, 0.717) is 18.6 Å². The molecule has 27 heavy (non-hydrogen) atoms. The van der Waals surface area contributed by atoms with Gasteiger partial charge in [-0.15, -0.1) is 24.0 Å². The highest BCUT2D eigenvalue weighted by molar-refractivity contribution is 14.0. The van der Waals surface area contributed by atoms with Crippen LogP contribution in [0.4, 0.5) is 0 Å². The molecular formula is C19H38IN7. The van der Waals surface area contributed by atoms with Gasteiger partial charge in [-0.25, -0.2) is 0 Å². The van der Waals surface area contributed by atoms with Gasteiger partial charge in [-0.1, -0.05) is 0 Å². The topological polar surface area (TPSA) is 60.7 Å². The van der Waals surface area contributed by atoms with Crippen molar-refractivity contribution in [3.05, 3.63) is 18.0 Å². The lowest BCUT2D eigenvalue weighted by Gasteiger charge is -2.35. The normalized spacial score (nSPS) is 17.9. The molecule has 1 unspecified atom stereocenters. The van der Waals surface area contributed by atoms with Crippen molar-refractivity contribution in [2.45, 2.75) is 51.7 Å². The van der Waals surface area contributed by atoms with Crippen molar-refractivity contribution in [2.75, 3.05) is 40.3 Å². The van der Waals surface area contributed by atoms with Crippen LogP contribution >= 0.6 is 24.0 Å². The van der Waals surface area contributed by atoms with Crippen LogP contribution in [0.25, 0.3) is 0 Å². The number of likely N-dealkylation sites (N-methyl/N-ethyl adjacent to an activating group) is 1. The number of rotatable bonds is 7. The van der Waals surface area contributed by atoms with Crippen LogP contribution < -0.4 is 10.6 Å². The highest BCUT2D eigenvalue weighted by atomic mass is 127. The Bertz CT molecular complexity index is 562. The van der Waals surface area contributed by atoms with Gasteiger partial charge >= 0.3 is 0 Å². The maximum atomic E-state index is 4.87. The van der Waals surface area contributed by atoms with Crippen LogP contribution in [0.3, 0.4) is 0 Å². The van der Waals surface area contributed by atoms with Gasteiger partial charge < -0.3 is 20.4 Å². The maximum absolute atomic E-state index is 4.87. The molecule has 0 saturated carbocycles. The van der Waals surface area contributed by atoms with Crippen LogP contribution in [-0.4, -0.2) is 77.9 Å². The average molecular weight is 491 g/mol. The van der Waals surface area contributed by atoms with Gasteiger partial charge in [-0.2, -0.15) is 5.10 Å². The fraction of sp³-hybridized carbons (Fsp3) is 0.789. The molecule has 7 nitrogen and oxygen atoms in total. The number of aromatic nitrogens is 2. The van der Waals surface area contributed by atoms with E-state index in [-0.39, 0.29) is 30.0 Å². The fourth-order valence-corrected chi connectivity index (χ4v) is 3.43. The summed E-state index contributed by atoms with van der Waals surface area (Å²) in [7, 11) is 6.14. The average Bonchev–Trinajstić information content (AvgIpc) is 3.01. The quantitative estimate of drug-likeness (QED) is 0.348. The summed E-state index contributed by atoms with van der Waals surface area (Å²) in [5.41, 5.74) is 1.20. The van der Waals surface area contributed by atoms with Gasteiger partial charge in [-0.05, 0) is 47.7 Å². The van der Waals surface area contributed by atoms with Crippen LogP contribution in [0.2, 0.25) is 0 Å². The van der Waals surface area contributed by atoms with E-state index >= 15 is 0 Å². The minimum absolute atomic E-state index is 0. The Labute approximate surface area is 182 Å². The molecule has 0 aliphatic carbocycles. The van der Waals surface area contributed by atoms with E-state index in [1.54, 1.807) is 0 Å². The second-order valence-electron chi connectivity index (χ2n) is 7.69. The molecule has 156 valence electrons. The van der Waals surface area contributed by atoms with E-state index in [1.807, 2.05) is 17.9 Å². The molecule has 0 bridgehead atoms. The van der Waals surface area contributed by atoms with Gasteiger partial charge in [0, 0.05) is 50.5 Å².